The van der Waals surface area contributed by atoms with Crippen molar-refractivity contribution >= 4 is 5.97 Å². The molecule has 0 atom stereocenters. The van der Waals surface area contributed by atoms with Crippen LogP contribution in [0.4, 0.5) is 0 Å². The molecule has 0 radical (unpaired) electrons. The van der Waals surface area contributed by atoms with E-state index < -0.39 is 11.4 Å². The van der Waals surface area contributed by atoms with E-state index in [9.17, 15) is 9.90 Å². The minimum atomic E-state index is -0.947. The van der Waals surface area contributed by atoms with Crippen LogP contribution in [-0.2, 0) is 4.79 Å². The molecule has 0 amide bonds. The second kappa shape index (κ2) is 8.63. The Balaban J connectivity index is 1.46. The number of hydrogen-bond acceptors (Lipinski definition) is 5. The molecule has 7 nitrogen and oxygen atoms in total. The third-order valence-corrected chi connectivity index (χ3v) is 5.25. The lowest BCUT2D eigenvalue weighted by molar-refractivity contribution is -0.148. The normalized spacial score (nSPS) is 11.3. The fourth-order valence-electron chi connectivity index (χ4n) is 3.13. The van der Waals surface area contributed by atoms with E-state index in [1.807, 2.05) is 61.8 Å². The molecule has 0 aliphatic carbocycles. The highest BCUT2D eigenvalue weighted by atomic mass is 16.5. The Labute approximate surface area is 186 Å². The van der Waals surface area contributed by atoms with E-state index >= 15 is 0 Å². The molecular weight excluding hydrogens is 404 g/mol. The molecule has 1 aromatic carbocycles. The summed E-state index contributed by atoms with van der Waals surface area (Å²) >= 11 is 0. The van der Waals surface area contributed by atoms with Crippen LogP contribution in [0.5, 0.6) is 5.75 Å². The van der Waals surface area contributed by atoms with E-state index in [0.717, 1.165) is 39.5 Å². The number of H-pyrrole nitrogens is 1. The molecule has 3 heterocycles. The van der Waals surface area contributed by atoms with Crippen LogP contribution in [0.15, 0.2) is 67.3 Å². The van der Waals surface area contributed by atoms with Gasteiger partial charge in [-0.05, 0) is 68.8 Å². The topological polar surface area (TPSA) is 101 Å². The van der Waals surface area contributed by atoms with E-state index in [1.54, 1.807) is 26.2 Å². The Morgan fingerprint density at radius 2 is 1.75 bits per heavy atom. The van der Waals surface area contributed by atoms with Gasteiger partial charge in [0.2, 0.25) is 0 Å². The smallest absolute Gasteiger partial charge is 0.312 e. The quantitative estimate of drug-likeness (QED) is 0.430. The zero-order valence-corrected chi connectivity index (χ0v) is 18.2. The molecule has 0 unspecified atom stereocenters. The van der Waals surface area contributed by atoms with Gasteiger partial charge in [-0.1, -0.05) is 0 Å². The number of aromatic nitrogens is 4. The van der Waals surface area contributed by atoms with Gasteiger partial charge in [-0.3, -0.25) is 14.8 Å². The average Bonchev–Trinajstić information content (AvgIpc) is 3.28. The van der Waals surface area contributed by atoms with Crippen LogP contribution in [0.2, 0.25) is 0 Å². The highest BCUT2D eigenvalue weighted by Crippen LogP contribution is 2.26. The number of carbonyl (C=O) groups is 1. The highest BCUT2D eigenvalue weighted by molar-refractivity contribution is 5.73. The number of aromatic amines is 1. The number of nitrogens with one attached hydrogen (secondary N) is 1. The van der Waals surface area contributed by atoms with Crippen LogP contribution >= 0.6 is 0 Å². The molecule has 7 heteroatoms. The second-order valence-corrected chi connectivity index (χ2v) is 8.27. The first kappa shape index (κ1) is 21.2. The minimum absolute atomic E-state index is 0.0960. The van der Waals surface area contributed by atoms with Gasteiger partial charge in [-0.25, -0.2) is 4.98 Å². The number of ether oxygens (including phenoxy) is 1. The number of hydrogen-bond donors (Lipinski definition) is 2. The lowest BCUT2D eigenvalue weighted by atomic mass is 9.95. The maximum Gasteiger partial charge on any atom is 0.312 e. The molecule has 0 bridgehead atoms. The van der Waals surface area contributed by atoms with Gasteiger partial charge < -0.3 is 14.8 Å². The first-order chi connectivity index (χ1) is 15.3. The van der Waals surface area contributed by atoms with Crippen LogP contribution in [-0.4, -0.2) is 37.6 Å². The molecule has 0 saturated heterocycles. The predicted molar refractivity (Wildman–Crippen MR) is 122 cm³/mol. The number of rotatable bonds is 7. The number of carboxylic acid groups (broad SMARTS) is 1. The number of aryl methyl sites for hydroxylation is 1. The SMILES string of the molecule is Cc1cnccc1-c1cnc(-c2ccc(-c3ccc(OCC(C)(C)C(=O)O)cc3)nc2)[nH]1. The summed E-state index contributed by atoms with van der Waals surface area (Å²) in [6, 6.07) is 13.3. The number of pyridine rings is 2. The van der Waals surface area contributed by atoms with Gasteiger partial charge in [-0.15, -0.1) is 0 Å². The van der Waals surface area contributed by atoms with Gasteiger partial charge in [0.05, 0.1) is 23.0 Å². The summed E-state index contributed by atoms with van der Waals surface area (Å²) in [5.41, 5.74) is 4.79. The van der Waals surface area contributed by atoms with Crippen molar-refractivity contribution in [1.29, 1.82) is 0 Å². The first-order valence-corrected chi connectivity index (χ1v) is 10.2. The van der Waals surface area contributed by atoms with Gasteiger partial charge in [0.15, 0.2) is 0 Å². The van der Waals surface area contributed by atoms with Crippen LogP contribution in [0.25, 0.3) is 33.9 Å². The summed E-state index contributed by atoms with van der Waals surface area (Å²) in [5.74, 6) is 0.479. The van der Waals surface area contributed by atoms with E-state index in [2.05, 4.69) is 19.9 Å². The Hall–Kier alpha value is -4.00. The van der Waals surface area contributed by atoms with Crippen molar-refractivity contribution in [2.24, 2.45) is 5.41 Å². The van der Waals surface area contributed by atoms with Gasteiger partial charge in [0.1, 0.15) is 18.2 Å². The number of benzene rings is 1. The molecule has 32 heavy (non-hydrogen) atoms. The Bertz CT molecular complexity index is 1230. The molecule has 4 aromatic rings. The largest absolute Gasteiger partial charge is 0.492 e. The first-order valence-electron chi connectivity index (χ1n) is 10.2. The fraction of sp³-hybridized carbons (Fsp3) is 0.200. The molecule has 0 aliphatic rings. The van der Waals surface area contributed by atoms with E-state index in [4.69, 9.17) is 4.74 Å². The van der Waals surface area contributed by atoms with Gasteiger partial charge >= 0.3 is 5.97 Å². The van der Waals surface area contributed by atoms with Crippen molar-refractivity contribution in [2.75, 3.05) is 6.61 Å². The zero-order valence-electron chi connectivity index (χ0n) is 18.2. The Morgan fingerprint density at radius 1 is 1.00 bits per heavy atom. The number of aliphatic carboxylic acids is 1. The molecule has 162 valence electrons. The van der Waals surface area contributed by atoms with Crippen molar-refractivity contribution in [1.82, 2.24) is 19.9 Å². The maximum absolute atomic E-state index is 11.2. The van der Waals surface area contributed by atoms with Crippen LogP contribution in [0, 0.1) is 12.3 Å². The van der Waals surface area contributed by atoms with Crippen molar-refractivity contribution in [3.05, 3.63) is 72.8 Å². The molecule has 0 saturated carbocycles. The predicted octanol–water partition coefficient (Wildman–Crippen LogP) is 5.00. The standard InChI is InChI=1S/C25H24N4O3/c1-16-12-26-11-10-20(16)22-14-28-23(29-22)18-6-9-21(27-13-18)17-4-7-19(8-5-17)32-15-25(2,3)24(30)31/h4-14H,15H2,1-3H3,(H,28,29)(H,30,31). The Kier molecular flexibility index (Phi) is 5.73. The summed E-state index contributed by atoms with van der Waals surface area (Å²) < 4.78 is 5.63. The average molecular weight is 428 g/mol. The van der Waals surface area contributed by atoms with Gasteiger partial charge in [0, 0.05) is 35.3 Å². The summed E-state index contributed by atoms with van der Waals surface area (Å²) in [6.45, 7) is 5.38. The molecular formula is C25H24N4O3. The molecule has 0 fully saturated rings. The lowest BCUT2D eigenvalue weighted by Crippen LogP contribution is -2.30. The fourth-order valence-corrected chi connectivity index (χ4v) is 3.13. The lowest BCUT2D eigenvalue weighted by Gasteiger charge is -2.19. The van der Waals surface area contributed by atoms with E-state index in [-0.39, 0.29) is 6.61 Å². The van der Waals surface area contributed by atoms with Crippen molar-refractivity contribution in [3.8, 4) is 39.7 Å². The third-order valence-electron chi connectivity index (χ3n) is 5.25. The minimum Gasteiger partial charge on any atom is -0.492 e. The van der Waals surface area contributed by atoms with E-state index in [0.29, 0.717) is 5.75 Å². The monoisotopic (exact) mass is 428 g/mol. The van der Waals surface area contributed by atoms with Crippen LogP contribution in [0.1, 0.15) is 19.4 Å². The molecule has 4 rings (SSSR count). The molecule has 3 aromatic heterocycles. The van der Waals surface area contributed by atoms with Crippen molar-refractivity contribution in [2.45, 2.75) is 20.8 Å². The number of nitrogens with zero attached hydrogens (tertiary/aromatic N) is 3. The third kappa shape index (κ3) is 4.51. The summed E-state index contributed by atoms with van der Waals surface area (Å²) in [5, 5.41) is 9.19. The van der Waals surface area contributed by atoms with Crippen LogP contribution in [0.3, 0.4) is 0 Å². The number of imidazole rings is 1. The van der Waals surface area contributed by atoms with Crippen molar-refractivity contribution in [3.63, 3.8) is 0 Å². The van der Waals surface area contributed by atoms with E-state index in [1.165, 1.54) is 0 Å². The molecule has 0 aliphatic heterocycles. The van der Waals surface area contributed by atoms with Gasteiger partial charge in [-0.2, -0.15) is 0 Å². The maximum atomic E-state index is 11.2. The van der Waals surface area contributed by atoms with Gasteiger partial charge in [0.25, 0.3) is 0 Å². The highest BCUT2D eigenvalue weighted by Gasteiger charge is 2.28. The van der Waals surface area contributed by atoms with Crippen LogP contribution < -0.4 is 4.74 Å². The summed E-state index contributed by atoms with van der Waals surface area (Å²) in [7, 11) is 0. The molecule has 0 spiro atoms. The second-order valence-electron chi connectivity index (χ2n) is 8.27. The molecule has 2 N–H and O–H groups in total. The Morgan fingerprint density at radius 3 is 2.41 bits per heavy atom. The summed E-state index contributed by atoms with van der Waals surface area (Å²) in [6.07, 6.45) is 7.20. The van der Waals surface area contributed by atoms with Crippen molar-refractivity contribution < 1.29 is 14.6 Å². The summed E-state index contributed by atoms with van der Waals surface area (Å²) in [4.78, 5) is 27.8. The number of carboxylic acids is 1. The zero-order chi connectivity index (χ0) is 22.7.